The van der Waals surface area contributed by atoms with Crippen LogP contribution in [0.25, 0.3) is 0 Å². The molecule has 2 aliphatic rings. The first-order valence-electron chi connectivity index (χ1n) is 8.88. The highest BCUT2D eigenvalue weighted by atomic mass is 79.9. The number of methoxy groups -OCH3 is 2. The maximum Gasteiger partial charge on any atom is 0.161 e. The zero-order valence-electron chi connectivity index (χ0n) is 14.6. The SMILES string of the molecule is COc1cc2c(cc1OC)[C@@H]1CCCC[C@H]1O[C@H]2c1cccc(Br)c1. The van der Waals surface area contributed by atoms with Gasteiger partial charge in [-0.2, -0.15) is 0 Å². The van der Waals surface area contributed by atoms with Crippen molar-refractivity contribution in [2.45, 2.75) is 43.8 Å². The van der Waals surface area contributed by atoms with E-state index in [4.69, 9.17) is 14.2 Å². The number of hydrogen-bond acceptors (Lipinski definition) is 3. The Morgan fingerprint density at radius 2 is 1.68 bits per heavy atom. The van der Waals surface area contributed by atoms with E-state index in [2.05, 4.69) is 46.3 Å². The van der Waals surface area contributed by atoms with E-state index in [1.54, 1.807) is 14.2 Å². The lowest BCUT2D eigenvalue weighted by Crippen LogP contribution is -2.33. The molecule has 3 nitrogen and oxygen atoms in total. The maximum absolute atomic E-state index is 6.61. The predicted octanol–water partition coefficient (Wildman–Crippen LogP) is 5.61. The highest BCUT2D eigenvalue weighted by molar-refractivity contribution is 9.10. The maximum atomic E-state index is 6.61. The average molecular weight is 403 g/mol. The van der Waals surface area contributed by atoms with Gasteiger partial charge in [-0.15, -0.1) is 0 Å². The van der Waals surface area contributed by atoms with Gasteiger partial charge in [0.25, 0.3) is 0 Å². The fraction of sp³-hybridized carbons (Fsp3) is 0.429. The summed E-state index contributed by atoms with van der Waals surface area (Å²) in [7, 11) is 3.39. The van der Waals surface area contributed by atoms with Gasteiger partial charge in [0.15, 0.2) is 11.5 Å². The lowest BCUT2D eigenvalue weighted by atomic mass is 9.76. The van der Waals surface area contributed by atoms with Crippen molar-refractivity contribution in [2.75, 3.05) is 14.2 Å². The first-order valence-corrected chi connectivity index (χ1v) is 9.67. The third kappa shape index (κ3) is 3.06. The fourth-order valence-electron chi connectivity index (χ4n) is 4.25. The van der Waals surface area contributed by atoms with Crippen LogP contribution in [0.4, 0.5) is 0 Å². The summed E-state index contributed by atoms with van der Waals surface area (Å²) in [6, 6.07) is 12.7. The van der Waals surface area contributed by atoms with Crippen LogP contribution in [0.3, 0.4) is 0 Å². The van der Waals surface area contributed by atoms with Gasteiger partial charge in [-0.1, -0.05) is 40.9 Å². The van der Waals surface area contributed by atoms with Crippen LogP contribution in [0.15, 0.2) is 40.9 Å². The van der Waals surface area contributed by atoms with Crippen molar-refractivity contribution in [1.29, 1.82) is 0 Å². The molecule has 1 aliphatic heterocycles. The number of rotatable bonds is 3. The summed E-state index contributed by atoms with van der Waals surface area (Å²) in [5.74, 6) is 2.02. The summed E-state index contributed by atoms with van der Waals surface area (Å²) in [4.78, 5) is 0. The molecule has 2 aromatic carbocycles. The van der Waals surface area contributed by atoms with E-state index < -0.39 is 0 Å². The topological polar surface area (TPSA) is 27.7 Å². The minimum absolute atomic E-state index is 0.0633. The second-order valence-corrected chi connectivity index (χ2v) is 7.75. The summed E-state index contributed by atoms with van der Waals surface area (Å²) >= 11 is 3.59. The van der Waals surface area contributed by atoms with Crippen LogP contribution < -0.4 is 9.47 Å². The Hall–Kier alpha value is -1.52. The molecule has 2 aromatic rings. The molecule has 0 saturated heterocycles. The second kappa shape index (κ2) is 7.00. The molecule has 0 unspecified atom stereocenters. The average Bonchev–Trinajstić information content (AvgIpc) is 2.66. The summed E-state index contributed by atoms with van der Waals surface area (Å²) in [5.41, 5.74) is 3.74. The highest BCUT2D eigenvalue weighted by Gasteiger charge is 2.38. The molecule has 4 rings (SSSR count). The fourth-order valence-corrected chi connectivity index (χ4v) is 4.67. The van der Waals surface area contributed by atoms with Gasteiger partial charge in [-0.25, -0.2) is 0 Å². The normalized spacial score (nSPS) is 25.0. The lowest BCUT2D eigenvalue weighted by Gasteiger charge is -2.41. The van der Waals surface area contributed by atoms with Crippen LogP contribution in [0.1, 0.15) is 54.4 Å². The molecule has 1 aliphatic carbocycles. The number of ether oxygens (including phenoxy) is 3. The molecule has 0 N–H and O–H groups in total. The van der Waals surface area contributed by atoms with Gasteiger partial charge in [0.05, 0.1) is 20.3 Å². The predicted molar refractivity (Wildman–Crippen MR) is 102 cm³/mol. The standard InChI is InChI=1S/C21H23BrO3/c1-23-19-11-16-15-8-3-4-9-18(15)25-21(17(16)12-20(19)24-2)13-6-5-7-14(22)10-13/h5-7,10-12,15,18,21H,3-4,8-9H2,1-2H3/t15-,18+,21-/m0/s1. The van der Waals surface area contributed by atoms with Crippen molar-refractivity contribution in [3.05, 3.63) is 57.6 Å². The third-order valence-electron chi connectivity index (χ3n) is 5.44. The third-order valence-corrected chi connectivity index (χ3v) is 5.93. The molecule has 0 aromatic heterocycles. The van der Waals surface area contributed by atoms with Crippen molar-refractivity contribution in [3.63, 3.8) is 0 Å². The number of fused-ring (bicyclic) bond motifs is 3. The van der Waals surface area contributed by atoms with Crippen molar-refractivity contribution < 1.29 is 14.2 Å². The molecule has 25 heavy (non-hydrogen) atoms. The molecular formula is C21H23BrO3. The van der Waals surface area contributed by atoms with E-state index in [1.165, 1.54) is 36.0 Å². The van der Waals surface area contributed by atoms with E-state index in [0.717, 1.165) is 22.4 Å². The number of halogens is 1. The molecule has 0 radical (unpaired) electrons. The molecule has 0 amide bonds. The van der Waals surface area contributed by atoms with E-state index >= 15 is 0 Å². The Labute approximate surface area is 157 Å². The minimum Gasteiger partial charge on any atom is -0.493 e. The molecule has 1 fully saturated rings. The smallest absolute Gasteiger partial charge is 0.161 e. The summed E-state index contributed by atoms with van der Waals surface area (Å²) < 4.78 is 18.8. The van der Waals surface area contributed by atoms with Gasteiger partial charge in [0.2, 0.25) is 0 Å². The van der Waals surface area contributed by atoms with Gasteiger partial charge < -0.3 is 14.2 Å². The summed E-state index contributed by atoms with van der Waals surface area (Å²) in [6.07, 6.45) is 5.03. The molecule has 3 atom stereocenters. The zero-order valence-corrected chi connectivity index (χ0v) is 16.2. The summed E-state index contributed by atoms with van der Waals surface area (Å²) in [5, 5.41) is 0. The van der Waals surface area contributed by atoms with Crippen molar-refractivity contribution >= 4 is 15.9 Å². The minimum atomic E-state index is -0.0633. The molecule has 0 spiro atoms. The molecule has 132 valence electrons. The largest absolute Gasteiger partial charge is 0.493 e. The number of hydrogen-bond donors (Lipinski definition) is 0. The van der Waals surface area contributed by atoms with Crippen LogP contribution in [0.5, 0.6) is 11.5 Å². The molecular weight excluding hydrogens is 380 g/mol. The van der Waals surface area contributed by atoms with Gasteiger partial charge >= 0.3 is 0 Å². The Kier molecular flexibility index (Phi) is 4.74. The van der Waals surface area contributed by atoms with Crippen LogP contribution >= 0.6 is 15.9 Å². The van der Waals surface area contributed by atoms with Crippen molar-refractivity contribution in [3.8, 4) is 11.5 Å². The van der Waals surface area contributed by atoms with Gasteiger partial charge in [-0.05, 0) is 53.8 Å². The molecule has 1 heterocycles. The van der Waals surface area contributed by atoms with E-state index in [0.29, 0.717) is 5.92 Å². The van der Waals surface area contributed by atoms with Crippen LogP contribution in [0, 0.1) is 0 Å². The van der Waals surface area contributed by atoms with E-state index in [-0.39, 0.29) is 12.2 Å². The van der Waals surface area contributed by atoms with Crippen molar-refractivity contribution in [2.24, 2.45) is 0 Å². The Morgan fingerprint density at radius 1 is 0.960 bits per heavy atom. The zero-order chi connectivity index (χ0) is 17.4. The van der Waals surface area contributed by atoms with Gasteiger partial charge in [0.1, 0.15) is 6.10 Å². The van der Waals surface area contributed by atoms with Crippen LogP contribution in [-0.2, 0) is 4.74 Å². The van der Waals surface area contributed by atoms with Gasteiger partial charge in [0, 0.05) is 10.4 Å². The van der Waals surface area contributed by atoms with Crippen LogP contribution in [-0.4, -0.2) is 20.3 Å². The lowest BCUT2D eigenvalue weighted by molar-refractivity contribution is -0.0391. The summed E-state index contributed by atoms with van der Waals surface area (Å²) in [6.45, 7) is 0. The first kappa shape index (κ1) is 16.9. The van der Waals surface area contributed by atoms with Crippen molar-refractivity contribution in [1.82, 2.24) is 0 Å². The number of benzene rings is 2. The Balaban J connectivity index is 1.87. The Bertz CT molecular complexity index is 774. The Morgan fingerprint density at radius 3 is 2.40 bits per heavy atom. The molecule has 1 saturated carbocycles. The van der Waals surface area contributed by atoms with Crippen LogP contribution in [0.2, 0.25) is 0 Å². The highest BCUT2D eigenvalue weighted by Crippen LogP contribution is 2.49. The monoisotopic (exact) mass is 402 g/mol. The molecule has 0 bridgehead atoms. The van der Waals surface area contributed by atoms with E-state index in [1.807, 2.05) is 6.07 Å². The molecule has 4 heteroatoms. The second-order valence-electron chi connectivity index (χ2n) is 6.84. The first-order chi connectivity index (χ1) is 12.2. The quantitative estimate of drug-likeness (QED) is 0.667. The van der Waals surface area contributed by atoms with E-state index in [9.17, 15) is 0 Å². The van der Waals surface area contributed by atoms with Gasteiger partial charge in [-0.3, -0.25) is 0 Å².